The zero-order valence-electron chi connectivity index (χ0n) is 19.0. The fourth-order valence-electron chi connectivity index (χ4n) is 4.08. The highest BCUT2D eigenvalue weighted by Crippen LogP contribution is 2.36. The molecule has 35 heavy (non-hydrogen) atoms. The third-order valence-corrected chi connectivity index (χ3v) is 5.99. The van der Waals surface area contributed by atoms with Gasteiger partial charge in [0.15, 0.2) is 0 Å². The van der Waals surface area contributed by atoms with Crippen LogP contribution >= 0.6 is 0 Å². The van der Waals surface area contributed by atoms with Crippen LogP contribution in [0.2, 0.25) is 0 Å². The number of nitrogens with one attached hydrogen (secondary N) is 1. The van der Waals surface area contributed by atoms with Crippen molar-refractivity contribution in [1.29, 1.82) is 0 Å². The Balaban J connectivity index is 0.000000364. The highest BCUT2D eigenvalue weighted by Gasteiger charge is 2.38. The summed E-state index contributed by atoms with van der Waals surface area (Å²) in [6, 6.07) is 14.5. The third-order valence-electron chi connectivity index (χ3n) is 5.99. The van der Waals surface area contributed by atoms with Crippen molar-refractivity contribution in [3.63, 3.8) is 0 Å². The van der Waals surface area contributed by atoms with Crippen molar-refractivity contribution in [1.82, 2.24) is 19.4 Å². The van der Waals surface area contributed by atoms with Crippen LogP contribution in [0.25, 0.3) is 21.9 Å². The number of carboxylic acid groups (broad SMARTS) is 1. The number of carboxylic acids is 1. The molecule has 0 spiro atoms. The maximum atomic E-state index is 12.8. The number of fused-ring (bicyclic) bond motifs is 3. The number of carbonyl (C=O) groups excluding carboxylic acids is 1. The number of aromatic nitrogens is 3. The van der Waals surface area contributed by atoms with Crippen molar-refractivity contribution in [2.24, 2.45) is 13.0 Å². The lowest BCUT2D eigenvalue weighted by Crippen LogP contribution is -2.27. The first-order valence-electron chi connectivity index (χ1n) is 11.2. The van der Waals surface area contributed by atoms with E-state index >= 15 is 0 Å². The Morgan fingerprint density at radius 3 is 2.49 bits per heavy atom. The molecule has 3 aromatic heterocycles. The van der Waals surface area contributed by atoms with Gasteiger partial charge in [0.2, 0.25) is 0 Å². The maximum Gasteiger partial charge on any atom is 0.490 e. The Hall–Kier alpha value is -3.82. The number of hydrogen-bond acceptors (Lipinski definition) is 3. The molecule has 3 heterocycles. The molecule has 10 heteroatoms. The first kappa shape index (κ1) is 24.3. The molecule has 0 aliphatic heterocycles. The summed E-state index contributed by atoms with van der Waals surface area (Å²) < 4.78 is 36.2. The third kappa shape index (κ3) is 5.47. The molecule has 0 bridgehead atoms. The number of aryl methyl sites for hydroxylation is 1. The number of pyridine rings is 1. The molecule has 0 saturated heterocycles. The van der Waals surface area contributed by atoms with Crippen LogP contribution in [0, 0.1) is 5.92 Å². The van der Waals surface area contributed by atoms with Crippen LogP contribution in [-0.2, 0) is 24.8 Å². The molecule has 2 N–H and O–H groups in total. The van der Waals surface area contributed by atoms with Crippen molar-refractivity contribution in [2.45, 2.75) is 32.0 Å². The molecule has 0 radical (unpaired) electrons. The van der Waals surface area contributed by atoms with Crippen LogP contribution in [0.5, 0.6) is 0 Å². The van der Waals surface area contributed by atoms with Gasteiger partial charge >= 0.3 is 12.1 Å². The number of aliphatic carboxylic acids is 1. The maximum absolute atomic E-state index is 12.8. The van der Waals surface area contributed by atoms with Crippen LogP contribution in [0.1, 0.15) is 28.9 Å². The normalized spacial score (nSPS) is 13.5. The van der Waals surface area contributed by atoms with Gasteiger partial charge in [-0.25, -0.2) is 4.79 Å². The van der Waals surface area contributed by atoms with E-state index in [-0.39, 0.29) is 5.91 Å². The number of hydrogen-bond donors (Lipinski definition) is 2. The average molecular weight is 486 g/mol. The monoisotopic (exact) mass is 486 g/mol. The van der Waals surface area contributed by atoms with E-state index in [4.69, 9.17) is 9.90 Å². The van der Waals surface area contributed by atoms with Crippen molar-refractivity contribution < 1.29 is 27.9 Å². The molecule has 0 atom stereocenters. The molecule has 1 fully saturated rings. The fourth-order valence-corrected chi connectivity index (χ4v) is 4.08. The molecule has 1 aliphatic rings. The van der Waals surface area contributed by atoms with Gasteiger partial charge in [-0.2, -0.15) is 13.2 Å². The summed E-state index contributed by atoms with van der Waals surface area (Å²) in [4.78, 5) is 25.9. The topological polar surface area (TPSA) is 89.2 Å². The number of amides is 1. The quantitative estimate of drug-likeness (QED) is 0.419. The molecule has 4 aromatic rings. The highest BCUT2D eigenvalue weighted by molar-refractivity contribution is 6.10. The second-order valence-corrected chi connectivity index (χ2v) is 8.56. The molecule has 1 amide bonds. The largest absolute Gasteiger partial charge is 0.490 e. The Kier molecular flexibility index (Phi) is 6.81. The molecule has 0 unspecified atom stereocenters. The van der Waals surface area contributed by atoms with Crippen molar-refractivity contribution >= 4 is 33.8 Å². The summed E-state index contributed by atoms with van der Waals surface area (Å²) >= 11 is 0. The summed E-state index contributed by atoms with van der Waals surface area (Å²) in [7, 11) is 1.99. The number of rotatable bonds is 6. The minimum Gasteiger partial charge on any atom is -0.475 e. The standard InChI is InChI=1S/C23H24N4O.C2HF3O2/c1-26-21(23(28)25-12-10-16-5-4-11-24-14-16)13-20-22(26)18-6-2-3-7-19(18)27(20)15-17-8-9-17;3-2(4,5)1(6)7/h2-7,11,13-14,17H,8-10,12,15H2,1H3,(H,25,28);(H,6,7). The lowest BCUT2D eigenvalue weighted by Gasteiger charge is -2.07. The lowest BCUT2D eigenvalue weighted by atomic mass is 10.2. The van der Waals surface area contributed by atoms with E-state index < -0.39 is 12.1 Å². The van der Waals surface area contributed by atoms with Gasteiger partial charge in [0, 0.05) is 37.9 Å². The Labute approximate surface area is 199 Å². The van der Waals surface area contributed by atoms with Gasteiger partial charge in [-0.05, 0) is 48.9 Å². The average Bonchev–Trinajstić information content (AvgIpc) is 3.51. The summed E-state index contributed by atoms with van der Waals surface area (Å²) in [6.45, 7) is 1.64. The number of benzene rings is 1. The van der Waals surface area contributed by atoms with E-state index in [9.17, 15) is 18.0 Å². The fraction of sp³-hybridized carbons (Fsp3) is 0.320. The Morgan fingerprint density at radius 1 is 1.14 bits per heavy atom. The van der Waals surface area contributed by atoms with Crippen LogP contribution in [0.3, 0.4) is 0 Å². The molecule has 7 nitrogen and oxygen atoms in total. The van der Waals surface area contributed by atoms with Gasteiger partial charge in [0.05, 0.1) is 16.6 Å². The second kappa shape index (κ2) is 9.81. The van der Waals surface area contributed by atoms with E-state index in [0.29, 0.717) is 12.2 Å². The smallest absolute Gasteiger partial charge is 0.475 e. The van der Waals surface area contributed by atoms with Gasteiger partial charge in [-0.3, -0.25) is 9.78 Å². The number of halogens is 3. The minimum absolute atomic E-state index is 0.0235. The van der Waals surface area contributed by atoms with Crippen LogP contribution in [0.4, 0.5) is 13.2 Å². The Morgan fingerprint density at radius 2 is 1.86 bits per heavy atom. The van der Waals surface area contributed by atoms with Crippen LogP contribution in [-0.4, -0.2) is 43.8 Å². The van der Waals surface area contributed by atoms with E-state index in [1.807, 2.05) is 29.9 Å². The van der Waals surface area contributed by atoms with Crippen LogP contribution < -0.4 is 5.32 Å². The first-order valence-corrected chi connectivity index (χ1v) is 11.2. The summed E-state index contributed by atoms with van der Waals surface area (Å²) in [5.74, 6) is -2.01. The zero-order valence-corrected chi connectivity index (χ0v) is 19.0. The SMILES string of the molecule is Cn1c(C(=O)NCCc2cccnc2)cc2c1c1ccccc1n2CC1CC1.O=C(O)C(F)(F)F. The minimum atomic E-state index is -5.08. The van der Waals surface area contributed by atoms with Crippen molar-refractivity contribution in [3.8, 4) is 0 Å². The first-order chi connectivity index (χ1) is 16.7. The van der Waals surface area contributed by atoms with Crippen molar-refractivity contribution in [2.75, 3.05) is 6.54 Å². The number of alkyl halides is 3. The van der Waals surface area contributed by atoms with E-state index in [1.54, 1.807) is 6.20 Å². The summed E-state index contributed by atoms with van der Waals surface area (Å²) in [5, 5.41) is 11.4. The molecule has 1 saturated carbocycles. The van der Waals surface area contributed by atoms with Crippen molar-refractivity contribution in [3.05, 3.63) is 66.1 Å². The van der Waals surface area contributed by atoms with E-state index in [2.05, 4.69) is 45.2 Å². The van der Waals surface area contributed by atoms with Gasteiger partial charge in [-0.15, -0.1) is 0 Å². The molecule has 1 aliphatic carbocycles. The van der Waals surface area contributed by atoms with Gasteiger partial charge < -0.3 is 19.6 Å². The molecule has 1 aromatic carbocycles. The lowest BCUT2D eigenvalue weighted by molar-refractivity contribution is -0.192. The number of para-hydroxylation sites is 1. The predicted molar refractivity (Wildman–Crippen MR) is 125 cm³/mol. The molecule has 184 valence electrons. The van der Waals surface area contributed by atoms with Gasteiger partial charge in [0.1, 0.15) is 5.69 Å². The number of carbonyl (C=O) groups is 2. The highest BCUT2D eigenvalue weighted by atomic mass is 19.4. The molecule has 5 rings (SSSR count). The second-order valence-electron chi connectivity index (χ2n) is 8.56. The summed E-state index contributed by atoms with van der Waals surface area (Å²) in [6.07, 6.45) is 1.92. The van der Waals surface area contributed by atoms with Gasteiger partial charge in [0.25, 0.3) is 5.91 Å². The van der Waals surface area contributed by atoms with E-state index in [0.717, 1.165) is 35.5 Å². The zero-order chi connectivity index (χ0) is 25.2. The number of nitrogens with zero attached hydrogens (tertiary/aromatic N) is 3. The summed E-state index contributed by atoms with van der Waals surface area (Å²) in [5.41, 5.74) is 5.41. The van der Waals surface area contributed by atoms with Gasteiger partial charge in [-0.1, -0.05) is 24.3 Å². The van der Waals surface area contributed by atoms with Crippen LogP contribution in [0.15, 0.2) is 54.9 Å². The molecular formula is C25H25F3N4O3. The Bertz CT molecular complexity index is 1360. The predicted octanol–water partition coefficient (Wildman–Crippen LogP) is 4.54. The molecular weight excluding hydrogens is 461 g/mol. The van der Waals surface area contributed by atoms with E-state index in [1.165, 1.54) is 23.7 Å².